The van der Waals surface area contributed by atoms with Crippen LogP contribution in [0, 0.1) is 0 Å². The van der Waals surface area contributed by atoms with Crippen LogP contribution in [0.25, 0.3) is 5.69 Å². The van der Waals surface area contributed by atoms with Crippen molar-refractivity contribution < 1.29 is 0 Å². The third-order valence-electron chi connectivity index (χ3n) is 2.86. The fourth-order valence-electron chi connectivity index (χ4n) is 1.97. The smallest absolute Gasteiger partial charge is 0.123 e. The first-order chi connectivity index (χ1) is 8.42. The van der Waals surface area contributed by atoms with Gasteiger partial charge < -0.3 is 5.32 Å². The Balaban J connectivity index is 1.79. The van der Waals surface area contributed by atoms with E-state index in [0.717, 1.165) is 5.69 Å². The zero-order chi connectivity index (χ0) is 11.5. The van der Waals surface area contributed by atoms with E-state index in [1.54, 1.807) is 12.7 Å². The molecule has 0 aliphatic carbocycles. The Labute approximate surface area is 104 Å². The summed E-state index contributed by atoms with van der Waals surface area (Å²) in [6.07, 6.45) is 4.68. The molecule has 2 heterocycles. The van der Waals surface area contributed by atoms with Gasteiger partial charge in [0.25, 0.3) is 0 Å². The number of hydrogen-bond donors (Lipinski definition) is 1. The lowest BCUT2D eigenvalue weighted by Crippen LogP contribution is -2.18. The second-order valence-corrected chi connectivity index (χ2v) is 5.27. The molecule has 17 heavy (non-hydrogen) atoms. The SMILES string of the molecule is c1cc(NC2CCSC2)cc(-n2cnnc2)c1. The van der Waals surface area contributed by atoms with Crippen LogP contribution in [0.4, 0.5) is 5.69 Å². The van der Waals surface area contributed by atoms with Gasteiger partial charge in [-0.25, -0.2) is 0 Å². The molecule has 0 radical (unpaired) electrons. The molecule has 4 nitrogen and oxygen atoms in total. The first-order valence-electron chi connectivity index (χ1n) is 5.71. The van der Waals surface area contributed by atoms with Crippen LogP contribution >= 0.6 is 11.8 Å². The molecule has 1 aliphatic heterocycles. The molecule has 1 fully saturated rings. The standard InChI is InChI=1S/C12H14N4S/c1-2-10(15-11-4-5-17-7-11)6-12(3-1)16-8-13-14-9-16/h1-3,6,8-9,11,15H,4-5,7H2. The average Bonchev–Trinajstić information content (AvgIpc) is 3.01. The maximum Gasteiger partial charge on any atom is 0.123 e. The highest BCUT2D eigenvalue weighted by molar-refractivity contribution is 7.99. The van der Waals surface area contributed by atoms with Crippen molar-refractivity contribution >= 4 is 17.4 Å². The average molecular weight is 246 g/mol. The molecule has 0 amide bonds. The molecule has 3 rings (SSSR count). The Kier molecular flexibility index (Phi) is 3.00. The van der Waals surface area contributed by atoms with Crippen LogP contribution in [-0.4, -0.2) is 32.3 Å². The Morgan fingerprint density at radius 2 is 2.18 bits per heavy atom. The Bertz CT molecular complexity index is 477. The fraction of sp³-hybridized carbons (Fsp3) is 0.333. The summed E-state index contributed by atoms with van der Waals surface area (Å²) in [5, 5.41) is 11.2. The molecule has 1 atom stereocenters. The van der Waals surface area contributed by atoms with Crippen molar-refractivity contribution in [2.24, 2.45) is 0 Å². The second-order valence-electron chi connectivity index (χ2n) is 4.12. The number of nitrogens with one attached hydrogen (secondary N) is 1. The molecule has 1 aliphatic rings. The van der Waals surface area contributed by atoms with E-state index in [1.807, 2.05) is 16.3 Å². The van der Waals surface area contributed by atoms with E-state index in [9.17, 15) is 0 Å². The fourth-order valence-corrected chi connectivity index (χ4v) is 3.13. The number of nitrogens with zero attached hydrogens (tertiary/aromatic N) is 3. The summed E-state index contributed by atoms with van der Waals surface area (Å²) >= 11 is 2.02. The van der Waals surface area contributed by atoms with E-state index in [4.69, 9.17) is 0 Å². The van der Waals surface area contributed by atoms with E-state index in [2.05, 4.69) is 39.8 Å². The third kappa shape index (κ3) is 2.44. The van der Waals surface area contributed by atoms with E-state index < -0.39 is 0 Å². The van der Waals surface area contributed by atoms with Crippen molar-refractivity contribution in [3.8, 4) is 5.69 Å². The molecule has 0 spiro atoms. The molecule has 2 aromatic rings. The lowest BCUT2D eigenvalue weighted by atomic mass is 10.2. The highest BCUT2D eigenvalue weighted by atomic mass is 32.2. The van der Waals surface area contributed by atoms with E-state index in [-0.39, 0.29) is 0 Å². The molecule has 5 heteroatoms. The minimum absolute atomic E-state index is 0.608. The van der Waals surface area contributed by atoms with E-state index >= 15 is 0 Å². The summed E-state index contributed by atoms with van der Waals surface area (Å²) < 4.78 is 1.91. The summed E-state index contributed by atoms with van der Waals surface area (Å²) in [5.74, 6) is 2.47. The Morgan fingerprint density at radius 3 is 2.94 bits per heavy atom. The van der Waals surface area contributed by atoms with Gasteiger partial charge in [0.2, 0.25) is 0 Å². The van der Waals surface area contributed by atoms with Gasteiger partial charge in [-0.1, -0.05) is 6.07 Å². The summed E-state index contributed by atoms with van der Waals surface area (Å²) in [5.41, 5.74) is 2.26. The maximum absolute atomic E-state index is 3.82. The van der Waals surface area contributed by atoms with Gasteiger partial charge in [-0.2, -0.15) is 11.8 Å². The highest BCUT2D eigenvalue weighted by Gasteiger charge is 2.14. The molecule has 88 valence electrons. The largest absolute Gasteiger partial charge is 0.381 e. The van der Waals surface area contributed by atoms with Gasteiger partial charge >= 0.3 is 0 Å². The van der Waals surface area contributed by atoms with Crippen LogP contribution in [0.1, 0.15) is 6.42 Å². The topological polar surface area (TPSA) is 42.7 Å². The Hall–Kier alpha value is -1.49. The molecule has 1 unspecified atom stereocenters. The van der Waals surface area contributed by atoms with Gasteiger partial charge in [-0.15, -0.1) is 10.2 Å². The van der Waals surface area contributed by atoms with Crippen molar-refractivity contribution in [3.63, 3.8) is 0 Å². The van der Waals surface area contributed by atoms with Crippen molar-refractivity contribution in [1.29, 1.82) is 0 Å². The van der Waals surface area contributed by atoms with Crippen LogP contribution in [0.3, 0.4) is 0 Å². The number of anilines is 1. The molecule has 0 saturated carbocycles. The van der Waals surface area contributed by atoms with Crippen LogP contribution in [-0.2, 0) is 0 Å². The second kappa shape index (κ2) is 4.79. The van der Waals surface area contributed by atoms with Gasteiger partial charge in [0.15, 0.2) is 0 Å². The monoisotopic (exact) mass is 246 g/mol. The number of hydrogen-bond acceptors (Lipinski definition) is 4. The highest BCUT2D eigenvalue weighted by Crippen LogP contribution is 2.22. The molecular formula is C12H14N4S. The molecule has 1 N–H and O–H groups in total. The summed E-state index contributed by atoms with van der Waals surface area (Å²) in [6, 6.07) is 8.96. The van der Waals surface area contributed by atoms with Crippen molar-refractivity contribution in [2.45, 2.75) is 12.5 Å². The quantitative estimate of drug-likeness (QED) is 0.901. The molecule has 1 aromatic heterocycles. The van der Waals surface area contributed by atoms with Crippen LogP contribution in [0.5, 0.6) is 0 Å². The first-order valence-corrected chi connectivity index (χ1v) is 6.86. The first kappa shape index (κ1) is 10.7. The summed E-state index contributed by atoms with van der Waals surface area (Å²) in [6.45, 7) is 0. The van der Waals surface area contributed by atoms with Gasteiger partial charge in [-0.05, 0) is 30.4 Å². The maximum atomic E-state index is 3.82. The van der Waals surface area contributed by atoms with Gasteiger partial charge in [-0.3, -0.25) is 4.57 Å². The number of aromatic nitrogens is 3. The Morgan fingerprint density at radius 1 is 1.29 bits per heavy atom. The van der Waals surface area contributed by atoms with Gasteiger partial charge in [0.05, 0.1) is 5.69 Å². The molecule has 0 bridgehead atoms. The normalized spacial score (nSPS) is 19.4. The minimum Gasteiger partial charge on any atom is -0.381 e. The van der Waals surface area contributed by atoms with Crippen molar-refractivity contribution in [1.82, 2.24) is 14.8 Å². The van der Waals surface area contributed by atoms with E-state index in [0.29, 0.717) is 6.04 Å². The minimum atomic E-state index is 0.608. The van der Waals surface area contributed by atoms with Crippen LogP contribution in [0.2, 0.25) is 0 Å². The van der Waals surface area contributed by atoms with Crippen molar-refractivity contribution in [2.75, 3.05) is 16.8 Å². The lowest BCUT2D eigenvalue weighted by molar-refractivity contribution is 0.813. The van der Waals surface area contributed by atoms with Crippen LogP contribution < -0.4 is 5.32 Å². The van der Waals surface area contributed by atoms with E-state index in [1.165, 1.54) is 23.6 Å². The van der Waals surface area contributed by atoms with Gasteiger partial charge in [0.1, 0.15) is 12.7 Å². The zero-order valence-corrected chi connectivity index (χ0v) is 10.2. The third-order valence-corrected chi connectivity index (χ3v) is 4.03. The summed E-state index contributed by atoms with van der Waals surface area (Å²) in [7, 11) is 0. The molecule has 1 saturated heterocycles. The molecule has 1 aromatic carbocycles. The van der Waals surface area contributed by atoms with Gasteiger partial charge in [0, 0.05) is 17.5 Å². The number of rotatable bonds is 3. The number of benzene rings is 1. The predicted molar refractivity (Wildman–Crippen MR) is 70.7 cm³/mol. The lowest BCUT2D eigenvalue weighted by Gasteiger charge is -2.13. The molecular weight excluding hydrogens is 232 g/mol. The van der Waals surface area contributed by atoms with Crippen LogP contribution in [0.15, 0.2) is 36.9 Å². The van der Waals surface area contributed by atoms with Crippen molar-refractivity contribution in [3.05, 3.63) is 36.9 Å². The summed E-state index contributed by atoms with van der Waals surface area (Å²) in [4.78, 5) is 0. The predicted octanol–water partition coefficient (Wildman–Crippen LogP) is 2.18. The zero-order valence-electron chi connectivity index (χ0n) is 9.41. The number of thioether (sulfide) groups is 1.